The number of hydrogen-bond acceptors (Lipinski definition) is 6. The molecule has 0 aliphatic carbocycles. The minimum atomic E-state index is -1.14. The number of carbonyl (C=O) groups excluding carboxylic acids is 3. The van der Waals surface area contributed by atoms with E-state index in [0.717, 1.165) is 4.47 Å². The van der Waals surface area contributed by atoms with E-state index in [2.05, 4.69) is 15.9 Å². The number of fused-ring (bicyclic) bond motifs is 1. The summed E-state index contributed by atoms with van der Waals surface area (Å²) in [6, 6.07) is 6.62. The summed E-state index contributed by atoms with van der Waals surface area (Å²) < 4.78 is 16.7. The molecule has 7 nitrogen and oxygen atoms in total. The lowest BCUT2D eigenvalue weighted by atomic mass is 10.2. The van der Waals surface area contributed by atoms with Crippen molar-refractivity contribution in [2.45, 2.75) is 52.7 Å². The van der Waals surface area contributed by atoms with Gasteiger partial charge in [-0.05, 0) is 65.8 Å². The summed E-state index contributed by atoms with van der Waals surface area (Å²) in [5.41, 5.74) is -1.37. The molecule has 0 bridgehead atoms. The smallest absolute Gasteiger partial charge is 0.427 e. The molecular formula is C19H22BrNO6. The second-order valence-corrected chi connectivity index (χ2v) is 8.81. The molecule has 8 heteroatoms. The Kier molecular flexibility index (Phi) is 5.70. The van der Waals surface area contributed by atoms with Crippen LogP contribution in [-0.2, 0) is 9.47 Å². The van der Waals surface area contributed by atoms with Crippen molar-refractivity contribution in [3.8, 4) is 0 Å². The molecule has 0 radical (unpaired) electrons. The Labute approximate surface area is 165 Å². The van der Waals surface area contributed by atoms with E-state index in [-0.39, 0.29) is 5.76 Å². The molecule has 1 aromatic carbocycles. The van der Waals surface area contributed by atoms with Gasteiger partial charge in [-0.2, -0.15) is 0 Å². The Morgan fingerprint density at radius 3 is 1.93 bits per heavy atom. The molecule has 0 N–H and O–H groups in total. The molecule has 2 rings (SSSR count). The van der Waals surface area contributed by atoms with Crippen LogP contribution in [0.3, 0.4) is 0 Å². The maximum Gasteiger partial charge on any atom is 0.427 e. The highest BCUT2D eigenvalue weighted by Gasteiger charge is 2.38. The van der Waals surface area contributed by atoms with Gasteiger partial charge in [0.2, 0.25) is 0 Å². The SMILES string of the molecule is CC(C)(C)OC(=O)N(C(=O)OC(C)(C)C)C(=O)c1cc2cc(Br)ccc2o1. The van der Waals surface area contributed by atoms with Crippen molar-refractivity contribution in [2.75, 3.05) is 0 Å². The molecule has 27 heavy (non-hydrogen) atoms. The number of halogens is 1. The lowest BCUT2D eigenvalue weighted by Crippen LogP contribution is -2.46. The van der Waals surface area contributed by atoms with Crippen LogP contribution in [0.25, 0.3) is 11.0 Å². The zero-order valence-corrected chi connectivity index (χ0v) is 17.7. The van der Waals surface area contributed by atoms with Gasteiger partial charge in [0.1, 0.15) is 16.8 Å². The summed E-state index contributed by atoms with van der Waals surface area (Å²) in [6.07, 6.45) is -2.27. The van der Waals surface area contributed by atoms with Crippen LogP contribution in [0.1, 0.15) is 52.1 Å². The summed E-state index contributed by atoms with van der Waals surface area (Å²) in [4.78, 5) is 38.2. The van der Waals surface area contributed by atoms with Gasteiger partial charge in [-0.15, -0.1) is 4.90 Å². The van der Waals surface area contributed by atoms with Gasteiger partial charge in [0.05, 0.1) is 0 Å². The molecule has 0 saturated heterocycles. The van der Waals surface area contributed by atoms with Crippen LogP contribution in [0.2, 0.25) is 0 Å². The van der Waals surface area contributed by atoms with E-state index >= 15 is 0 Å². The van der Waals surface area contributed by atoms with Crippen molar-refractivity contribution in [1.29, 1.82) is 0 Å². The van der Waals surface area contributed by atoms with Crippen LogP contribution in [0, 0.1) is 0 Å². The fourth-order valence-electron chi connectivity index (χ4n) is 2.09. The third-order valence-corrected chi connectivity index (χ3v) is 3.54. The molecule has 1 aromatic heterocycles. The van der Waals surface area contributed by atoms with Gasteiger partial charge in [0.25, 0.3) is 0 Å². The predicted octanol–water partition coefficient (Wildman–Crippen LogP) is 5.51. The van der Waals surface area contributed by atoms with Gasteiger partial charge in [0.15, 0.2) is 5.76 Å². The Hall–Kier alpha value is -2.35. The lowest BCUT2D eigenvalue weighted by Gasteiger charge is -2.27. The fourth-order valence-corrected chi connectivity index (χ4v) is 2.46. The fraction of sp³-hybridized carbons (Fsp3) is 0.421. The van der Waals surface area contributed by atoms with Gasteiger partial charge in [-0.3, -0.25) is 4.79 Å². The number of rotatable bonds is 1. The maximum absolute atomic E-state index is 12.9. The number of carbonyl (C=O) groups is 3. The first-order chi connectivity index (χ1) is 12.3. The number of ether oxygens (including phenoxy) is 2. The van der Waals surface area contributed by atoms with Crippen LogP contribution >= 0.6 is 15.9 Å². The van der Waals surface area contributed by atoms with E-state index < -0.39 is 29.3 Å². The molecule has 0 atom stereocenters. The number of hydrogen-bond donors (Lipinski definition) is 0. The van der Waals surface area contributed by atoms with Crippen LogP contribution < -0.4 is 0 Å². The highest BCUT2D eigenvalue weighted by molar-refractivity contribution is 9.10. The highest BCUT2D eigenvalue weighted by atomic mass is 79.9. The average Bonchev–Trinajstić information content (AvgIpc) is 2.86. The third kappa shape index (κ3) is 5.56. The number of benzene rings is 1. The summed E-state index contributed by atoms with van der Waals surface area (Å²) in [6.45, 7) is 9.76. The maximum atomic E-state index is 12.9. The predicted molar refractivity (Wildman–Crippen MR) is 103 cm³/mol. The van der Waals surface area contributed by atoms with Crippen molar-refractivity contribution in [3.63, 3.8) is 0 Å². The number of imide groups is 3. The minimum absolute atomic E-state index is 0.181. The monoisotopic (exact) mass is 439 g/mol. The molecule has 0 spiro atoms. The summed E-state index contributed by atoms with van der Waals surface area (Å²) in [5.74, 6) is -1.15. The number of amides is 3. The zero-order chi connectivity index (χ0) is 20.6. The molecule has 2 aromatic rings. The van der Waals surface area contributed by atoms with Crippen molar-refractivity contribution in [3.05, 3.63) is 34.5 Å². The van der Waals surface area contributed by atoms with Crippen LogP contribution in [0.5, 0.6) is 0 Å². The Morgan fingerprint density at radius 1 is 0.926 bits per heavy atom. The largest absolute Gasteiger partial charge is 0.451 e. The molecule has 146 valence electrons. The molecule has 3 amide bonds. The van der Waals surface area contributed by atoms with Crippen LogP contribution in [0.4, 0.5) is 9.59 Å². The minimum Gasteiger partial charge on any atom is -0.451 e. The van der Waals surface area contributed by atoms with Gasteiger partial charge in [-0.25, -0.2) is 9.59 Å². The van der Waals surface area contributed by atoms with Gasteiger partial charge < -0.3 is 13.9 Å². The molecule has 0 fully saturated rings. The van der Waals surface area contributed by atoms with E-state index in [9.17, 15) is 14.4 Å². The van der Waals surface area contributed by atoms with E-state index in [1.165, 1.54) is 6.07 Å². The van der Waals surface area contributed by atoms with Gasteiger partial charge >= 0.3 is 18.1 Å². The lowest BCUT2D eigenvalue weighted by molar-refractivity contribution is 0.00323. The summed E-state index contributed by atoms with van der Waals surface area (Å²) in [7, 11) is 0. The van der Waals surface area contributed by atoms with E-state index in [1.807, 2.05) is 0 Å². The molecular weight excluding hydrogens is 418 g/mol. The van der Waals surface area contributed by atoms with Gasteiger partial charge in [-0.1, -0.05) is 15.9 Å². The van der Waals surface area contributed by atoms with E-state index in [4.69, 9.17) is 13.9 Å². The molecule has 0 unspecified atom stereocenters. The Balaban J connectivity index is 2.42. The van der Waals surface area contributed by atoms with Crippen LogP contribution in [0.15, 0.2) is 33.2 Å². The molecule has 0 aliphatic heterocycles. The summed E-state index contributed by atoms with van der Waals surface area (Å²) in [5, 5.41) is 0.640. The van der Waals surface area contributed by atoms with Crippen LogP contribution in [-0.4, -0.2) is 34.2 Å². The topological polar surface area (TPSA) is 86.0 Å². The molecule has 0 saturated carbocycles. The van der Waals surface area contributed by atoms with Crippen molar-refractivity contribution in [2.24, 2.45) is 0 Å². The molecule has 1 heterocycles. The van der Waals surface area contributed by atoms with E-state index in [1.54, 1.807) is 59.7 Å². The molecule has 0 aliphatic rings. The Bertz CT molecular complexity index is 860. The highest BCUT2D eigenvalue weighted by Crippen LogP contribution is 2.25. The zero-order valence-electron chi connectivity index (χ0n) is 16.1. The first-order valence-corrected chi connectivity index (χ1v) is 9.06. The number of furan rings is 1. The first-order valence-electron chi connectivity index (χ1n) is 8.26. The quantitative estimate of drug-likeness (QED) is 0.582. The standard InChI is InChI=1S/C19H22BrNO6/c1-18(2,3)26-16(23)21(17(24)27-19(4,5)6)15(22)14-10-11-9-12(20)7-8-13(11)25-14/h7-10H,1-6H3. The summed E-state index contributed by atoms with van der Waals surface area (Å²) >= 11 is 3.33. The second-order valence-electron chi connectivity index (χ2n) is 7.89. The van der Waals surface area contributed by atoms with E-state index in [0.29, 0.717) is 15.9 Å². The average molecular weight is 440 g/mol. The van der Waals surface area contributed by atoms with Crippen molar-refractivity contribution >= 4 is 45.0 Å². The van der Waals surface area contributed by atoms with Gasteiger partial charge in [0, 0.05) is 9.86 Å². The van der Waals surface area contributed by atoms with Crippen molar-refractivity contribution < 1.29 is 28.3 Å². The second kappa shape index (κ2) is 7.34. The third-order valence-electron chi connectivity index (χ3n) is 3.04. The van der Waals surface area contributed by atoms with Crippen molar-refractivity contribution in [1.82, 2.24) is 4.90 Å². The Morgan fingerprint density at radius 2 is 1.44 bits per heavy atom. The number of nitrogens with zero attached hydrogens (tertiary/aromatic N) is 1. The normalized spacial score (nSPS) is 12.0. The first kappa shape index (κ1) is 21.0.